The average molecular weight is 334 g/mol. The predicted octanol–water partition coefficient (Wildman–Crippen LogP) is 2.67. The van der Waals surface area contributed by atoms with Crippen molar-refractivity contribution in [1.82, 2.24) is 5.32 Å². The highest BCUT2D eigenvalue weighted by molar-refractivity contribution is 9.11. The van der Waals surface area contributed by atoms with Crippen LogP contribution >= 0.6 is 31.9 Å². The molecule has 0 spiro atoms. The Morgan fingerprint density at radius 1 is 1.53 bits per heavy atom. The van der Waals surface area contributed by atoms with Gasteiger partial charge < -0.3 is 11.1 Å². The summed E-state index contributed by atoms with van der Waals surface area (Å²) < 4.78 is 1.53. The summed E-state index contributed by atoms with van der Waals surface area (Å²) in [7, 11) is 0. The first-order chi connectivity index (χ1) is 7.00. The van der Waals surface area contributed by atoms with E-state index >= 15 is 0 Å². The minimum Gasteiger partial charge on any atom is -0.398 e. The molecular weight excluding hydrogens is 324 g/mol. The lowest BCUT2D eigenvalue weighted by Crippen LogP contribution is -2.25. The van der Waals surface area contributed by atoms with Gasteiger partial charge in [-0.25, -0.2) is 0 Å². The van der Waals surface area contributed by atoms with Crippen LogP contribution in [0.1, 0.15) is 10.4 Å². The van der Waals surface area contributed by atoms with Crippen LogP contribution in [-0.4, -0.2) is 12.5 Å². The molecule has 0 fully saturated rings. The zero-order valence-electron chi connectivity index (χ0n) is 7.89. The summed E-state index contributed by atoms with van der Waals surface area (Å²) >= 11 is 6.44. The molecule has 3 N–H and O–H groups in total. The lowest BCUT2D eigenvalue weighted by molar-refractivity contribution is 0.0958. The van der Waals surface area contributed by atoms with Gasteiger partial charge in [0.2, 0.25) is 0 Å². The van der Waals surface area contributed by atoms with Crippen molar-refractivity contribution in [3.63, 3.8) is 0 Å². The fourth-order valence-electron chi connectivity index (χ4n) is 0.997. The lowest BCUT2D eigenvalue weighted by Gasteiger charge is -2.07. The Morgan fingerprint density at radius 2 is 2.20 bits per heavy atom. The highest BCUT2D eigenvalue weighted by Gasteiger charge is 2.09. The molecule has 0 aliphatic heterocycles. The van der Waals surface area contributed by atoms with Crippen LogP contribution in [0.25, 0.3) is 0 Å². The highest BCUT2D eigenvalue weighted by atomic mass is 79.9. The van der Waals surface area contributed by atoms with E-state index in [0.29, 0.717) is 22.3 Å². The minimum absolute atomic E-state index is 0.214. The highest BCUT2D eigenvalue weighted by Crippen LogP contribution is 2.18. The number of amides is 1. The van der Waals surface area contributed by atoms with Crippen molar-refractivity contribution >= 4 is 43.5 Å². The molecule has 80 valence electrons. The molecule has 1 aromatic rings. The molecule has 0 radical (unpaired) electrons. The molecule has 1 aromatic carbocycles. The summed E-state index contributed by atoms with van der Waals surface area (Å²) in [6.45, 7) is 4.00. The number of hydrogen-bond acceptors (Lipinski definition) is 2. The number of nitrogens with one attached hydrogen (secondary N) is 1. The summed E-state index contributed by atoms with van der Waals surface area (Å²) in [4.78, 5) is 11.6. The Labute approximate surface area is 105 Å². The molecule has 0 heterocycles. The number of nitrogen functional groups attached to an aromatic ring is 1. The molecule has 0 saturated heterocycles. The number of hydrogen-bond donors (Lipinski definition) is 2. The predicted molar refractivity (Wildman–Crippen MR) is 69.0 cm³/mol. The molecule has 15 heavy (non-hydrogen) atoms. The first-order valence-electron chi connectivity index (χ1n) is 4.17. The van der Waals surface area contributed by atoms with Gasteiger partial charge in [-0.2, -0.15) is 0 Å². The molecule has 0 bridgehead atoms. The molecule has 1 amide bonds. The van der Waals surface area contributed by atoms with Crippen LogP contribution in [0.3, 0.4) is 0 Å². The van der Waals surface area contributed by atoms with Crippen molar-refractivity contribution in [2.45, 2.75) is 0 Å². The number of halogens is 2. The van der Waals surface area contributed by atoms with E-state index in [1.54, 1.807) is 18.2 Å². The van der Waals surface area contributed by atoms with Gasteiger partial charge in [-0.1, -0.05) is 38.4 Å². The third-order valence-corrected chi connectivity index (χ3v) is 2.47. The van der Waals surface area contributed by atoms with Crippen molar-refractivity contribution in [3.8, 4) is 0 Å². The SMILES string of the molecule is C=C(Br)CNC(=O)c1cc(Br)ccc1N. The van der Waals surface area contributed by atoms with Crippen molar-refractivity contribution in [3.05, 3.63) is 39.3 Å². The van der Waals surface area contributed by atoms with Gasteiger partial charge in [0.05, 0.1) is 5.56 Å². The zero-order chi connectivity index (χ0) is 11.4. The second kappa shape index (κ2) is 5.32. The number of nitrogens with two attached hydrogens (primary N) is 1. The van der Waals surface area contributed by atoms with E-state index in [-0.39, 0.29) is 5.91 Å². The first kappa shape index (κ1) is 12.3. The summed E-state index contributed by atoms with van der Waals surface area (Å²) in [5.74, 6) is -0.214. The van der Waals surface area contributed by atoms with E-state index in [2.05, 4.69) is 43.8 Å². The Morgan fingerprint density at radius 3 is 2.80 bits per heavy atom. The Balaban J connectivity index is 2.81. The van der Waals surface area contributed by atoms with E-state index in [4.69, 9.17) is 5.73 Å². The summed E-state index contributed by atoms with van der Waals surface area (Å²) in [5.41, 5.74) is 6.59. The van der Waals surface area contributed by atoms with E-state index in [0.717, 1.165) is 4.47 Å². The molecule has 5 heteroatoms. The van der Waals surface area contributed by atoms with E-state index in [1.807, 2.05) is 0 Å². The molecule has 0 atom stereocenters. The van der Waals surface area contributed by atoms with E-state index < -0.39 is 0 Å². The molecule has 0 aromatic heterocycles. The van der Waals surface area contributed by atoms with Crippen LogP contribution in [0.4, 0.5) is 5.69 Å². The topological polar surface area (TPSA) is 55.1 Å². The molecule has 1 rings (SSSR count). The van der Waals surface area contributed by atoms with Crippen molar-refractivity contribution in [2.75, 3.05) is 12.3 Å². The van der Waals surface area contributed by atoms with Crippen molar-refractivity contribution < 1.29 is 4.79 Å². The fourth-order valence-corrected chi connectivity index (χ4v) is 1.50. The first-order valence-corrected chi connectivity index (χ1v) is 5.76. The largest absolute Gasteiger partial charge is 0.398 e. The Kier molecular flexibility index (Phi) is 4.35. The van der Waals surface area contributed by atoms with E-state index in [9.17, 15) is 4.79 Å². The molecule has 3 nitrogen and oxygen atoms in total. The number of anilines is 1. The maximum atomic E-state index is 11.6. The van der Waals surface area contributed by atoms with Crippen LogP contribution in [0.2, 0.25) is 0 Å². The van der Waals surface area contributed by atoms with Gasteiger partial charge in [-0.3, -0.25) is 4.79 Å². The second-order valence-electron chi connectivity index (χ2n) is 2.93. The third-order valence-electron chi connectivity index (χ3n) is 1.70. The molecule has 0 aliphatic carbocycles. The fraction of sp³-hybridized carbons (Fsp3) is 0.100. The van der Waals surface area contributed by atoms with Gasteiger partial charge in [0.25, 0.3) is 5.91 Å². The molecule has 0 unspecified atom stereocenters. The third kappa shape index (κ3) is 3.68. The molecule has 0 aliphatic rings. The van der Waals surface area contributed by atoms with Gasteiger partial charge in [0.15, 0.2) is 0 Å². The Bertz CT molecular complexity index is 404. The lowest BCUT2D eigenvalue weighted by atomic mass is 10.1. The summed E-state index contributed by atoms with van der Waals surface area (Å²) in [6, 6.07) is 5.15. The quantitative estimate of drug-likeness (QED) is 0.835. The number of benzene rings is 1. The molecule has 0 saturated carbocycles. The van der Waals surface area contributed by atoms with Gasteiger partial charge in [0.1, 0.15) is 0 Å². The number of carbonyl (C=O) groups excluding carboxylic acids is 1. The average Bonchev–Trinajstić information content (AvgIpc) is 2.18. The van der Waals surface area contributed by atoms with Crippen LogP contribution in [0.5, 0.6) is 0 Å². The Hall–Kier alpha value is -0.810. The van der Waals surface area contributed by atoms with E-state index in [1.165, 1.54) is 0 Å². The van der Waals surface area contributed by atoms with Gasteiger partial charge in [-0.15, -0.1) is 0 Å². The monoisotopic (exact) mass is 332 g/mol. The standard InChI is InChI=1S/C10H10Br2N2O/c1-6(11)5-14-10(15)8-4-7(12)2-3-9(8)13/h2-4H,1,5,13H2,(H,14,15). The zero-order valence-corrected chi connectivity index (χ0v) is 11.1. The normalized spacial score (nSPS) is 9.73. The van der Waals surface area contributed by atoms with Crippen molar-refractivity contribution in [1.29, 1.82) is 0 Å². The van der Waals surface area contributed by atoms with Gasteiger partial charge in [-0.05, 0) is 18.2 Å². The smallest absolute Gasteiger partial charge is 0.253 e. The maximum Gasteiger partial charge on any atom is 0.253 e. The van der Waals surface area contributed by atoms with Crippen LogP contribution in [-0.2, 0) is 0 Å². The van der Waals surface area contributed by atoms with Gasteiger partial charge >= 0.3 is 0 Å². The number of carbonyl (C=O) groups is 1. The second-order valence-corrected chi connectivity index (χ2v) is 4.97. The number of rotatable bonds is 3. The van der Waals surface area contributed by atoms with Crippen LogP contribution < -0.4 is 11.1 Å². The summed E-state index contributed by atoms with van der Waals surface area (Å²) in [6.07, 6.45) is 0. The summed E-state index contributed by atoms with van der Waals surface area (Å²) in [5, 5.41) is 2.68. The van der Waals surface area contributed by atoms with Crippen LogP contribution in [0, 0.1) is 0 Å². The van der Waals surface area contributed by atoms with Crippen molar-refractivity contribution in [2.24, 2.45) is 0 Å². The maximum absolute atomic E-state index is 11.6. The van der Waals surface area contributed by atoms with Gasteiger partial charge in [0, 0.05) is 21.2 Å². The van der Waals surface area contributed by atoms with Crippen LogP contribution in [0.15, 0.2) is 33.7 Å². The minimum atomic E-state index is -0.214. The molecular formula is C10H10Br2N2O.